The van der Waals surface area contributed by atoms with E-state index in [1.807, 2.05) is 55.5 Å². The van der Waals surface area contributed by atoms with E-state index >= 15 is 0 Å². The van der Waals surface area contributed by atoms with Crippen LogP contribution in [0.3, 0.4) is 0 Å². The third-order valence-electron chi connectivity index (χ3n) is 4.99. The fraction of sp³-hybridized carbons (Fsp3) is 0.217. The van der Waals surface area contributed by atoms with Crippen LogP contribution >= 0.6 is 12.6 Å². The minimum atomic E-state index is -1.39. The predicted molar refractivity (Wildman–Crippen MR) is 121 cm³/mol. The van der Waals surface area contributed by atoms with Gasteiger partial charge in [-0.25, -0.2) is 4.21 Å². The van der Waals surface area contributed by atoms with E-state index in [-0.39, 0.29) is 6.61 Å². The summed E-state index contributed by atoms with van der Waals surface area (Å²) in [4.78, 5) is 1.68. The number of nitrogens with zero attached hydrogens (tertiary/aromatic N) is 1. The highest BCUT2D eigenvalue weighted by Crippen LogP contribution is 2.29. The van der Waals surface area contributed by atoms with Gasteiger partial charge in [0.2, 0.25) is 0 Å². The van der Waals surface area contributed by atoms with Gasteiger partial charge in [0.05, 0.1) is 23.6 Å². The Morgan fingerprint density at radius 2 is 2.03 bits per heavy atom. The van der Waals surface area contributed by atoms with Crippen LogP contribution in [0.5, 0.6) is 5.75 Å². The predicted octanol–water partition coefficient (Wildman–Crippen LogP) is 4.78. The molecular formula is C23H23NO3S2. The first-order chi connectivity index (χ1) is 14.0. The summed E-state index contributed by atoms with van der Waals surface area (Å²) in [6.45, 7) is 2.43. The lowest BCUT2D eigenvalue weighted by Gasteiger charge is -2.16. The largest absolute Gasteiger partial charge is 0.493 e. The minimum Gasteiger partial charge on any atom is -0.493 e. The third kappa shape index (κ3) is 4.34. The number of ether oxygens (including phenoxy) is 1. The molecule has 0 saturated carbocycles. The van der Waals surface area contributed by atoms with Gasteiger partial charge >= 0.3 is 0 Å². The monoisotopic (exact) mass is 425 g/mol. The number of benzene rings is 2. The lowest BCUT2D eigenvalue weighted by Crippen LogP contribution is -2.11. The Kier molecular flexibility index (Phi) is 5.94. The smallest absolute Gasteiger partial charge is 0.157 e. The molecule has 0 saturated heterocycles. The molecular weight excluding hydrogens is 402 g/mol. The van der Waals surface area contributed by atoms with Crippen molar-refractivity contribution in [1.29, 1.82) is 0 Å². The van der Waals surface area contributed by atoms with E-state index < -0.39 is 11.0 Å². The average Bonchev–Trinajstić information content (AvgIpc) is 3.10. The molecule has 2 aromatic carbocycles. The number of aliphatic hydroxyl groups excluding tert-OH is 1. The van der Waals surface area contributed by atoms with E-state index in [4.69, 9.17) is 4.74 Å². The Bertz CT molecular complexity index is 1110. The zero-order valence-corrected chi connectivity index (χ0v) is 17.8. The van der Waals surface area contributed by atoms with Gasteiger partial charge in [-0.1, -0.05) is 35.9 Å². The molecule has 2 atom stereocenters. The second kappa shape index (κ2) is 8.61. The molecule has 29 heavy (non-hydrogen) atoms. The summed E-state index contributed by atoms with van der Waals surface area (Å²) < 4.78 is 20.8. The molecule has 1 aliphatic carbocycles. The van der Waals surface area contributed by atoms with Crippen molar-refractivity contribution in [3.8, 4) is 5.75 Å². The van der Waals surface area contributed by atoms with Crippen LogP contribution in [-0.2, 0) is 17.6 Å². The second-order valence-corrected chi connectivity index (χ2v) is 9.06. The van der Waals surface area contributed by atoms with Crippen LogP contribution in [0.2, 0.25) is 0 Å². The van der Waals surface area contributed by atoms with E-state index in [0.717, 1.165) is 44.0 Å². The van der Waals surface area contributed by atoms with Crippen molar-refractivity contribution < 1.29 is 14.1 Å². The van der Waals surface area contributed by atoms with E-state index in [1.54, 1.807) is 10.2 Å². The zero-order valence-electron chi connectivity index (χ0n) is 16.1. The molecule has 1 aliphatic rings. The molecule has 4 rings (SSSR count). The summed E-state index contributed by atoms with van der Waals surface area (Å²) in [7, 11) is -1.39. The lowest BCUT2D eigenvalue weighted by atomic mass is 10.0. The van der Waals surface area contributed by atoms with Gasteiger partial charge in [-0.15, -0.1) is 12.6 Å². The highest BCUT2D eigenvalue weighted by Gasteiger charge is 2.15. The maximum Gasteiger partial charge on any atom is 0.157 e. The molecule has 0 amide bonds. The van der Waals surface area contributed by atoms with Crippen LogP contribution in [-0.4, -0.2) is 19.9 Å². The number of allylic oxidation sites excluding steroid dienone is 2. The Balaban J connectivity index is 1.61. The van der Waals surface area contributed by atoms with Gasteiger partial charge < -0.3 is 9.84 Å². The van der Waals surface area contributed by atoms with Crippen molar-refractivity contribution in [2.75, 3.05) is 6.61 Å². The number of hydrogen-bond donors (Lipinski definition) is 2. The van der Waals surface area contributed by atoms with Crippen molar-refractivity contribution >= 4 is 34.5 Å². The van der Waals surface area contributed by atoms with E-state index in [1.165, 1.54) is 0 Å². The summed E-state index contributed by atoms with van der Waals surface area (Å²) >= 11 is 4.39. The molecule has 1 N–H and O–H groups in total. The van der Waals surface area contributed by atoms with Crippen molar-refractivity contribution in [3.63, 3.8) is 0 Å². The van der Waals surface area contributed by atoms with Crippen LogP contribution in [0.4, 0.5) is 0 Å². The highest BCUT2D eigenvalue weighted by molar-refractivity contribution is 7.84. The first-order valence-corrected chi connectivity index (χ1v) is 11.0. The number of thiol groups is 1. The number of aryl methyl sites for hydroxylation is 1. The molecule has 4 nitrogen and oxygen atoms in total. The topological polar surface area (TPSA) is 51.5 Å². The molecule has 0 spiro atoms. The Morgan fingerprint density at radius 3 is 2.76 bits per heavy atom. The SMILES string of the molecule is Cc1ccc(S(=O)n2cc(CO)c3cc(OCC4C=C(S)C=CC4)ccc32)cc1. The number of fused-ring (bicyclic) bond motifs is 1. The third-order valence-corrected chi connectivity index (χ3v) is 6.63. The number of aliphatic hydroxyl groups is 1. The van der Waals surface area contributed by atoms with Gasteiger partial charge in [0.25, 0.3) is 0 Å². The van der Waals surface area contributed by atoms with Crippen LogP contribution in [0, 0.1) is 12.8 Å². The van der Waals surface area contributed by atoms with E-state index in [2.05, 4.69) is 24.8 Å². The van der Waals surface area contributed by atoms with Crippen molar-refractivity contribution in [2.24, 2.45) is 5.92 Å². The molecule has 0 bridgehead atoms. The summed E-state index contributed by atoms with van der Waals surface area (Å²) in [5.74, 6) is 1.02. The molecule has 3 aromatic rings. The molecule has 150 valence electrons. The summed E-state index contributed by atoms with van der Waals surface area (Å²) in [6.07, 6.45) is 8.88. The molecule has 0 fully saturated rings. The van der Waals surface area contributed by atoms with Gasteiger partial charge in [-0.2, -0.15) is 0 Å². The number of hydrogen-bond acceptors (Lipinski definition) is 4. The van der Waals surface area contributed by atoms with Crippen molar-refractivity contribution in [3.05, 3.63) is 82.9 Å². The van der Waals surface area contributed by atoms with Crippen LogP contribution in [0.15, 0.2) is 76.7 Å². The molecule has 0 radical (unpaired) electrons. The lowest BCUT2D eigenvalue weighted by molar-refractivity contribution is 0.275. The van der Waals surface area contributed by atoms with Crippen LogP contribution in [0.1, 0.15) is 17.5 Å². The van der Waals surface area contributed by atoms with E-state index in [9.17, 15) is 9.32 Å². The van der Waals surface area contributed by atoms with Crippen molar-refractivity contribution in [2.45, 2.75) is 24.8 Å². The van der Waals surface area contributed by atoms with Crippen molar-refractivity contribution in [1.82, 2.24) is 3.97 Å². The Hall–Kier alpha value is -2.28. The zero-order chi connectivity index (χ0) is 20.4. The maximum absolute atomic E-state index is 13.1. The van der Waals surface area contributed by atoms with Gasteiger partial charge in [0, 0.05) is 28.0 Å². The summed E-state index contributed by atoms with van der Waals surface area (Å²) in [6, 6.07) is 13.3. The minimum absolute atomic E-state index is 0.128. The molecule has 0 aliphatic heterocycles. The Morgan fingerprint density at radius 1 is 1.24 bits per heavy atom. The fourth-order valence-electron chi connectivity index (χ4n) is 3.41. The number of rotatable bonds is 6. The van der Waals surface area contributed by atoms with Gasteiger partial charge in [-0.05, 0) is 43.7 Å². The quantitative estimate of drug-likeness (QED) is 0.559. The molecule has 2 unspecified atom stereocenters. The summed E-state index contributed by atoms with van der Waals surface area (Å²) in [5.41, 5.74) is 2.65. The normalized spacial score (nSPS) is 17.3. The Labute approximate surface area is 178 Å². The molecule has 1 aromatic heterocycles. The van der Waals surface area contributed by atoms with Crippen LogP contribution < -0.4 is 4.74 Å². The molecule has 6 heteroatoms. The van der Waals surface area contributed by atoms with E-state index in [0.29, 0.717) is 12.5 Å². The molecule has 1 heterocycles. The highest BCUT2D eigenvalue weighted by atomic mass is 32.2. The first kappa shape index (κ1) is 20.0. The standard InChI is InChI=1S/C23H23NO3S2/c1-16-5-8-21(9-6-16)29(26)24-13-18(14-25)22-12-19(7-10-23(22)24)27-15-17-3-2-4-20(28)11-17/h2,4-13,17,25,28H,3,14-15H2,1H3. The van der Waals surface area contributed by atoms with Crippen LogP contribution in [0.25, 0.3) is 10.9 Å². The fourth-order valence-corrected chi connectivity index (χ4v) is 4.89. The summed E-state index contributed by atoms with van der Waals surface area (Å²) in [5, 5.41) is 10.7. The maximum atomic E-state index is 13.1. The van der Waals surface area contributed by atoms with Gasteiger partial charge in [0.1, 0.15) is 5.75 Å². The number of aromatic nitrogens is 1. The first-order valence-electron chi connectivity index (χ1n) is 9.49. The van der Waals surface area contributed by atoms with Gasteiger partial charge in [-0.3, -0.25) is 3.97 Å². The van der Waals surface area contributed by atoms with Gasteiger partial charge in [0.15, 0.2) is 11.0 Å². The second-order valence-electron chi connectivity index (χ2n) is 7.18. The average molecular weight is 426 g/mol.